The van der Waals surface area contributed by atoms with E-state index in [0.29, 0.717) is 22.2 Å². The predicted octanol–water partition coefficient (Wildman–Crippen LogP) is 2.60. The third kappa shape index (κ3) is 3.13. The number of rotatable bonds is 4. The molecule has 0 saturated carbocycles. The van der Waals surface area contributed by atoms with Crippen LogP contribution in [0.3, 0.4) is 0 Å². The highest BCUT2D eigenvalue weighted by molar-refractivity contribution is 7.18. The molecule has 2 N–H and O–H groups in total. The number of nitrogen functional groups attached to an aromatic ring is 1. The summed E-state index contributed by atoms with van der Waals surface area (Å²) in [6.07, 6.45) is 0. The van der Waals surface area contributed by atoms with Crippen LogP contribution in [0, 0.1) is 5.82 Å². The highest BCUT2D eigenvalue weighted by Gasteiger charge is 2.23. The molecule has 0 unspecified atom stereocenters. The number of aromatic nitrogens is 1. The van der Waals surface area contributed by atoms with Crippen molar-refractivity contribution in [3.05, 3.63) is 35.0 Å². The standard InChI is InChI=1S/C14H17FN4OS/c1-4-19(10-7-5-9(15)6-8-10)13(20)11-12(16)17-14(21-11)18(2)3/h5-8H,4,16H2,1-3H3. The average Bonchev–Trinajstić information content (AvgIpc) is 2.84. The summed E-state index contributed by atoms with van der Waals surface area (Å²) in [5.74, 6) is -0.351. The van der Waals surface area contributed by atoms with E-state index in [1.54, 1.807) is 21.9 Å². The number of hydrogen-bond acceptors (Lipinski definition) is 5. The summed E-state index contributed by atoms with van der Waals surface area (Å²) in [5.41, 5.74) is 6.47. The number of nitrogens with two attached hydrogens (primary N) is 1. The fourth-order valence-corrected chi connectivity index (χ4v) is 2.71. The van der Waals surface area contributed by atoms with Gasteiger partial charge in [-0.05, 0) is 31.2 Å². The van der Waals surface area contributed by atoms with Crippen LogP contribution in [0.4, 0.5) is 21.0 Å². The van der Waals surface area contributed by atoms with Crippen LogP contribution in [0.2, 0.25) is 0 Å². The van der Waals surface area contributed by atoms with Crippen molar-refractivity contribution in [3.63, 3.8) is 0 Å². The van der Waals surface area contributed by atoms with E-state index in [9.17, 15) is 9.18 Å². The summed E-state index contributed by atoms with van der Waals surface area (Å²) in [4.78, 5) is 20.5. The van der Waals surface area contributed by atoms with Gasteiger partial charge in [-0.2, -0.15) is 0 Å². The van der Waals surface area contributed by atoms with Crippen LogP contribution in [0.25, 0.3) is 0 Å². The zero-order valence-corrected chi connectivity index (χ0v) is 12.9. The number of amides is 1. The fourth-order valence-electron chi connectivity index (χ4n) is 1.85. The number of thiazole rings is 1. The molecule has 1 amide bonds. The molecular weight excluding hydrogens is 291 g/mol. The Labute approximate surface area is 126 Å². The van der Waals surface area contributed by atoms with Gasteiger partial charge in [0.05, 0.1) is 0 Å². The lowest BCUT2D eigenvalue weighted by Crippen LogP contribution is -2.30. The second-order valence-corrected chi connectivity index (χ2v) is 5.61. The van der Waals surface area contributed by atoms with Crippen LogP contribution in [0.5, 0.6) is 0 Å². The van der Waals surface area contributed by atoms with Gasteiger partial charge in [-0.3, -0.25) is 4.79 Å². The molecule has 5 nitrogen and oxygen atoms in total. The van der Waals surface area contributed by atoms with Gasteiger partial charge in [-0.15, -0.1) is 0 Å². The highest BCUT2D eigenvalue weighted by Crippen LogP contribution is 2.29. The Hall–Kier alpha value is -2.15. The molecule has 1 aromatic heterocycles. The van der Waals surface area contributed by atoms with Gasteiger partial charge in [-0.1, -0.05) is 11.3 Å². The van der Waals surface area contributed by atoms with Crippen LogP contribution in [-0.2, 0) is 0 Å². The summed E-state index contributed by atoms with van der Waals surface area (Å²) in [5, 5.41) is 0.672. The van der Waals surface area contributed by atoms with E-state index in [4.69, 9.17) is 5.73 Å². The molecule has 0 aliphatic carbocycles. The molecule has 7 heteroatoms. The summed E-state index contributed by atoms with van der Waals surface area (Å²) in [6, 6.07) is 5.79. The van der Waals surface area contributed by atoms with Crippen molar-refractivity contribution in [3.8, 4) is 0 Å². The number of carbonyl (C=O) groups excluding carboxylic acids is 1. The Morgan fingerprint density at radius 2 is 1.95 bits per heavy atom. The number of carbonyl (C=O) groups is 1. The van der Waals surface area contributed by atoms with Crippen molar-refractivity contribution in [2.45, 2.75) is 6.92 Å². The molecule has 0 radical (unpaired) electrons. The second kappa shape index (κ2) is 6.09. The molecule has 0 aliphatic heterocycles. The molecule has 1 heterocycles. The number of halogens is 1. The van der Waals surface area contributed by atoms with Gasteiger partial charge < -0.3 is 15.5 Å². The van der Waals surface area contributed by atoms with Crippen LogP contribution in [-0.4, -0.2) is 31.5 Å². The molecule has 0 spiro atoms. The van der Waals surface area contributed by atoms with Gasteiger partial charge in [0.2, 0.25) is 0 Å². The van der Waals surface area contributed by atoms with E-state index >= 15 is 0 Å². The minimum Gasteiger partial charge on any atom is -0.382 e. The predicted molar refractivity (Wildman–Crippen MR) is 84.6 cm³/mol. The molecule has 0 saturated heterocycles. The molecule has 112 valence electrons. The third-order valence-electron chi connectivity index (χ3n) is 2.92. The number of benzene rings is 1. The minimum absolute atomic E-state index is 0.217. The minimum atomic E-state index is -0.338. The maximum atomic E-state index is 13.0. The largest absolute Gasteiger partial charge is 0.382 e. The van der Waals surface area contributed by atoms with Crippen molar-refractivity contribution in [2.24, 2.45) is 0 Å². The molecule has 2 rings (SSSR count). The van der Waals surface area contributed by atoms with Crippen LogP contribution < -0.4 is 15.5 Å². The lowest BCUT2D eigenvalue weighted by Gasteiger charge is -2.20. The van der Waals surface area contributed by atoms with Crippen molar-refractivity contribution in [2.75, 3.05) is 36.2 Å². The van der Waals surface area contributed by atoms with Crippen molar-refractivity contribution in [1.29, 1.82) is 0 Å². The molecule has 1 aromatic carbocycles. The monoisotopic (exact) mass is 308 g/mol. The van der Waals surface area contributed by atoms with E-state index in [0.717, 1.165) is 0 Å². The first-order chi connectivity index (χ1) is 9.93. The van der Waals surface area contributed by atoms with E-state index in [1.807, 2.05) is 21.0 Å². The third-order valence-corrected chi connectivity index (χ3v) is 4.15. The van der Waals surface area contributed by atoms with Gasteiger partial charge in [0.25, 0.3) is 5.91 Å². The van der Waals surface area contributed by atoms with Crippen LogP contribution in [0.1, 0.15) is 16.6 Å². The second-order valence-electron chi connectivity index (χ2n) is 4.63. The zero-order valence-electron chi connectivity index (χ0n) is 12.1. The Morgan fingerprint density at radius 3 is 2.43 bits per heavy atom. The van der Waals surface area contributed by atoms with Crippen molar-refractivity contribution >= 4 is 33.9 Å². The molecule has 0 fully saturated rings. The Bertz CT molecular complexity index is 639. The first-order valence-corrected chi connectivity index (χ1v) is 7.26. The van der Waals surface area contributed by atoms with Crippen molar-refractivity contribution in [1.82, 2.24) is 4.98 Å². The summed E-state index contributed by atoms with van der Waals surface area (Å²) >= 11 is 1.24. The number of anilines is 3. The molecule has 0 bridgehead atoms. The summed E-state index contributed by atoms with van der Waals surface area (Å²) in [7, 11) is 3.67. The normalized spacial score (nSPS) is 10.5. The number of nitrogens with zero attached hydrogens (tertiary/aromatic N) is 3. The maximum absolute atomic E-state index is 13.0. The van der Waals surface area contributed by atoms with Crippen LogP contribution in [0.15, 0.2) is 24.3 Å². The smallest absolute Gasteiger partial charge is 0.272 e. The van der Waals surface area contributed by atoms with E-state index in [2.05, 4.69) is 4.98 Å². The lowest BCUT2D eigenvalue weighted by atomic mass is 10.2. The first-order valence-electron chi connectivity index (χ1n) is 6.45. The topological polar surface area (TPSA) is 62.5 Å². The van der Waals surface area contributed by atoms with Gasteiger partial charge in [-0.25, -0.2) is 9.37 Å². The summed E-state index contributed by atoms with van der Waals surface area (Å²) in [6.45, 7) is 2.31. The number of hydrogen-bond donors (Lipinski definition) is 1. The zero-order chi connectivity index (χ0) is 15.6. The van der Waals surface area contributed by atoms with Crippen LogP contribution >= 0.6 is 11.3 Å². The maximum Gasteiger partial charge on any atom is 0.272 e. The van der Waals surface area contributed by atoms with Gasteiger partial charge in [0.1, 0.15) is 16.5 Å². The quantitative estimate of drug-likeness (QED) is 0.943. The van der Waals surface area contributed by atoms with E-state index in [-0.39, 0.29) is 17.5 Å². The molecule has 0 atom stereocenters. The Kier molecular flexibility index (Phi) is 4.42. The Balaban J connectivity index is 2.34. The molecule has 21 heavy (non-hydrogen) atoms. The van der Waals surface area contributed by atoms with Crippen molar-refractivity contribution < 1.29 is 9.18 Å². The molecular formula is C14H17FN4OS. The van der Waals surface area contributed by atoms with Gasteiger partial charge >= 0.3 is 0 Å². The molecule has 2 aromatic rings. The SMILES string of the molecule is CCN(C(=O)c1sc(N(C)C)nc1N)c1ccc(F)cc1. The van der Waals surface area contributed by atoms with Gasteiger partial charge in [0, 0.05) is 26.3 Å². The lowest BCUT2D eigenvalue weighted by molar-refractivity contribution is 0.0993. The Morgan fingerprint density at radius 1 is 1.33 bits per heavy atom. The molecule has 0 aliphatic rings. The summed E-state index contributed by atoms with van der Waals surface area (Å²) < 4.78 is 13.0. The first kappa shape index (κ1) is 15.2. The average molecular weight is 308 g/mol. The van der Waals surface area contributed by atoms with E-state index < -0.39 is 0 Å². The highest BCUT2D eigenvalue weighted by atomic mass is 32.1. The fraction of sp³-hybridized carbons (Fsp3) is 0.286. The van der Waals surface area contributed by atoms with E-state index in [1.165, 1.54) is 23.5 Å². The van der Waals surface area contributed by atoms with Gasteiger partial charge in [0.15, 0.2) is 5.13 Å².